The number of hydrogen-bond donors (Lipinski definition) is 1. The van der Waals surface area contributed by atoms with Crippen molar-refractivity contribution in [1.82, 2.24) is 13.9 Å². The molecule has 0 atom stereocenters. The van der Waals surface area contributed by atoms with Crippen molar-refractivity contribution < 1.29 is 8.42 Å². The van der Waals surface area contributed by atoms with Gasteiger partial charge in [0, 0.05) is 25.1 Å². The first-order valence-corrected chi connectivity index (χ1v) is 10.4. The number of nitrogens with one attached hydrogen (secondary N) is 1. The number of halogens is 1. The van der Waals surface area contributed by atoms with E-state index in [1.807, 2.05) is 31.2 Å². The maximum Gasteiger partial charge on any atom is 0.328 e. The van der Waals surface area contributed by atoms with Crippen LogP contribution in [0.15, 0.2) is 50.6 Å². The zero-order chi connectivity index (χ0) is 19.1. The van der Waals surface area contributed by atoms with Crippen molar-refractivity contribution >= 4 is 37.0 Å². The predicted octanol–water partition coefficient (Wildman–Crippen LogP) is 2.68. The fourth-order valence-electron chi connectivity index (χ4n) is 3.03. The smallest absolute Gasteiger partial charge is 0.295 e. The predicted molar refractivity (Wildman–Crippen MR) is 106 cm³/mol. The van der Waals surface area contributed by atoms with E-state index in [-0.39, 0.29) is 17.1 Å². The molecule has 0 fully saturated rings. The highest BCUT2D eigenvalue weighted by Crippen LogP contribution is 2.27. The monoisotopic (exact) mass is 437 g/mol. The summed E-state index contributed by atoms with van der Waals surface area (Å²) < 4.78 is 31.7. The summed E-state index contributed by atoms with van der Waals surface area (Å²) in [4.78, 5) is 12.2. The Morgan fingerprint density at radius 1 is 1.04 bits per heavy atom. The van der Waals surface area contributed by atoms with Crippen LogP contribution >= 0.6 is 15.9 Å². The molecule has 3 rings (SSSR count). The molecule has 0 aliphatic carbocycles. The standard InChI is InChI=1S/C18H20BrN3O3S/c1-4-12-7-5-6-8-13(12)11-20-26(24,25)17-10-16-15(9-14(17)19)21(2)18(23)22(16)3/h5-10,20H,4,11H2,1-3H3. The molecule has 0 saturated heterocycles. The summed E-state index contributed by atoms with van der Waals surface area (Å²) in [5.74, 6) is 0. The Morgan fingerprint density at radius 3 is 2.23 bits per heavy atom. The lowest BCUT2D eigenvalue weighted by Crippen LogP contribution is -2.24. The highest BCUT2D eigenvalue weighted by Gasteiger charge is 2.21. The van der Waals surface area contributed by atoms with Crippen molar-refractivity contribution in [3.05, 3.63) is 62.5 Å². The van der Waals surface area contributed by atoms with Crippen molar-refractivity contribution in [3.63, 3.8) is 0 Å². The molecule has 0 aliphatic heterocycles. The number of sulfonamides is 1. The quantitative estimate of drug-likeness (QED) is 0.666. The van der Waals surface area contributed by atoms with Gasteiger partial charge in [0.25, 0.3) is 0 Å². The minimum atomic E-state index is -3.75. The van der Waals surface area contributed by atoms with Crippen molar-refractivity contribution in [1.29, 1.82) is 0 Å². The highest BCUT2D eigenvalue weighted by atomic mass is 79.9. The zero-order valence-corrected chi connectivity index (χ0v) is 17.2. The van der Waals surface area contributed by atoms with Gasteiger partial charge in [-0.2, -0.15) is 0 Å². The Balaban J connectivity index is 2.00. The fraction of sp³-hybridized carbons (Fsp3) is 0.278. The highest BCUT2D eigenvalue weighted by molar-refractivity contribution is 9.10. The van der Waals surface area contributed by atoms with Gasteiger partial charge in [-0.3, -0.25) is 9.13 Å². The van der Waals surface area contributed by atoms with Gasteiger partial charge in [0.05, 0.1) is 15.9 Å². The molecule has 1 N–H and O–H groups in total. The van der Waals surface area contributed by atoms with Crippen LogP contribution in [0, 0.1) is 0 Å². The van der Waals surface area contributed by atoms with E-state index in [1.54, 1.807) is 20.2 Å². The second-order valence-corrected chi connectivity index (χ2v) is 8.71. The van der Waals surface area contributed by atoms with Crippen LogP contribution in [0.3, 0.4) is 0 Å². The van der Waals surface area contributed by atoms with Crippen LogP contribution in [0.25, 0.3) is 11.0 Å². The fourth-order valence-corrected chi connectivity index (χ4v) is 5.09. The van der Waals surface area contributed by atoms with Crippen LogP contribution in [0.1, 0.15) is 18.1 Å². The maximum absolute atomic E-state index is 12.8. The van der Waals surface area contributed by atoms with Gasteiger partial charge in [0.2, 0.25) is 10.0 Å². The molecular weight excluding hydrogens is 418 g/mol. The molecular formula is C18H20BrN3O3S. The largest absolute Gasteiger partial charge is 0.328 e. The number of benzene rings is 2. The van der Waals surface area contributed by atoms with Gasteiger partial charge < -0.3 is 0 Å². The molecule has 26 heavy (non-hydrogen) atoms. The zero-order valence-electron chi connectivity index (χ0n) is 14.8. The molecule has 0 unspecified atom stereocenters. The van der Waals surface area contributed by atoms with Crippen molar-refractivity contribution in [2.75, 3.05) is 0 Å². The van der Waals surface area contributed by atoms with E-state index in [4.69, 9.17) is 0 Å². The molecule has 8 heteroatoms. The summed E-state index contributed by atoms with van der Waals surface area (Å²) in [7, 11) is -0.465. The molecule has 0 bridgehead atoms. The lowest BCUT2D eigenvalue weighted by Gasteiger charge is -2.11. The van der Waals surface area contributed by atoms with E-state index in [0.29, 0.717) is 15.5 Å². The third-order valence-corrected chi connectivity index (χ3v) is 6.93. The van der Waals surface area contributed by atoms with E-state index in [0.717, 1.165) is 17.5 Å². The number of hydrogen-bond acceptors (Lipinski definition) is 3. The molecule has 0 aliphatic rings. The number of fused-ring (bicyclic) bond motifs is 1. The molecule has 0 amide bonds. The number of nitrogens with zero attached hydrogens (tertiary/aromatic N) is 2. The Kier molecular flexibility index (Phi) is 5.09. The minimum absolute atomic E-state index is 0.111. The number of aromatic nitrogens is 2. The van der Waals surface area contributed by atoms with Crippen LogP contribution in [0.2, 0.25) is 0 Å². The van der Waals surface area contributed by atoms with Crippen molar-refractivity contribution in [3.8, 4) is 0 Å². The van der Waals surface area contributed by atoms with Gasteiger partial charge in [0.1, 0.15) is 0 Å². The van der Waals surface area contributed by atoms with Crippen LogP contribution < -0.4 is 10.4 Å². The summed E-state index contributed by atoms with van der Waals surface area (Å²) in [6.07, 6.45) is 0.833. The Bertz CT molecular complexity index is 1150. The van der Waals surface area contributed by atoms with Crippen LogP contribution in [-0.4, -0.2) is 17.6 Å². The van der Waals surface area contributed by atoms with Crippen molar-refractivity contribution in [2.24, 2.45) is 14.1 Å². The van der Waals surface area contributed by atoms with E-state index in [2.05, 4.69) is 20.7 Å². The average Bonchev–Trinajstić information content (AvgIpc) is 2.83. The SMILES string of the molecule is CCc1ccccc1CNS(=O)(=O)c1cc2c(cc1Br)n(C)c(=O)n2C. The average molecular weight is 438 g/mol. The summed E-state index contributed by atoms with van der Waals surface area (Å²) >= 11 is 3.33. The number of imidazole rings is 1. The normalized spacial score (nSPS) is 12.0. The summed E-state index contributed by atoms with van der Waals surface area (Å²) in [6, 6.07) is 10.9. The van der Waals surface area contributed by atoms with Gasteiger partial charge >= 0.3 is 5.69 Å². The summed E-state index contributed by atoms with van der Waals surface area (Å²) in [6.45, 7) is 2.25. The molecule has 0 saturated carbocycles. The van der Waals surface area contributed by atoms with E-state index < -0.39 is 10.0 Å². The molecule has 138 valence electrons. The van der Waals surface area contributed by atoms with Crippen molar-refractivity contribution in [2.45, 2.75) is 24.8 Å². The summed E-state index contributed by atoms with van der Waals surface area (Å²) in [5.41, 5.74) is 3.08. The molecule has 6 nitrogen and oxygen atoms in total. The lowest BCUT2D eigenvalue weighted by atomic mass is 10.1. The number of aryl methyl sites for hydroxylation is 3. The first kappa shape index (κ1) is 18.9. The van der Waals surface area contributed by atoms with Gasteiger partial charge in [-0.1, -0.05) is 31.2 Å². The first-order valence-electron chi connectivity index (χ1n) is 8.17. The molecule has 3 aromatic rings. The van der Waals surface area contributed by atoms with E-state index >= 15 is 0 Å². The Morgan fingerprint density at radius 2 is 1.62 bits per heavy atom. The van der Waals surface area contributed by atoms with Gasteiger partial charge in [-0.05, 0) is 45.6 Å². The van der Waals surface area contributed by atoms with Gasteiger partial charge in [-0.25, -0.2) is 17.9 Å². The van der Waals surface area contributed by atoms with Gasteiger partial charge in [-0.15, -0.1) is 0 Å². The third-order valence-electron chi connectivity index (χ3n) is 4.57. The Hall–Kier alpha value is -1.90. The molecule has 1 heterocycles. The van der Waals surface area contributed by atoms with E-state index in [9.17, 15) is 13.2 Å². The molecule has 1 aromatic heterocycles. The lowest BCUT2D eigenvalue weighted by molar-refractivity contribution is 0.580. The number of rotatable bonds is 5. The first-order chi connectivity index (χ1) is 12.3. The summed E-state index contributed by atoms with van der Waals surface area (Å²) in [5, 5.41) is 0. The van der Waals surface area contributed by atoms with Crippen LogP contribution in [0.5, 0.6) is 0 Å². The van der Waals surface area contributed by atoms with Gasteiger partial charge in [0.15, 0.2) is 0 Å². The third kappa shape index (κ3) is 3.24. The second kappa shape index (κ2) is 7.02. The minimum Gasteiger partial charge on any atom is -0.295 e. The second-order valence-electron chi connectivity index (χ2n) is 6.12. The van der Waals surface area contributed by atoms with Crippen LogP contribution in [-0.2, 0) is 37.1 Å². The molecule has 2 aromatic carbocycles. The maximum atomic E-state index is 12.8. The molecule has 0 radical (unpaired) electrons. The van der Waals surface area contributed by atoms with Crippen LogP contribution in [0.4, 0.5) is 0 Å². The molecule has 0 spiro atoms. The topological polar surface area (TPSA) is 73.1 Å². The Labute approximate surface area is 160 Å². The van der Waals surface area contributed by atoms with E-state index in [1.165, 1.54) is 15.2 Å².